The van der Waals surface area contributed by atoms with E-state index in [1.54, 1.807) is 4.90 Å². The summed E-state index contributed by atoms with van der Waals surface area (Å²) in [6.45, 7) is 5.53. The molecule has 0 spiro atoms. The third-order valence-corrected chi connectivity index (χ3v) is 5.89. The second-order valence-corrected chi connectivity index (χ2v) is 7.98. The molecule has 2 aromatic carbocycles. The molecule has 168 valence electrons. The van der Waals surface area contributed by atoms with Crippen LogP contribution < -0.4 is 15.5 Å². The van der Waals surface area contributed by atoms with Crippen LogP contribution in [-0.2, 0) is 11.3 Å². The monoisotopic (exact) mass is 434 g/mol. The van der Waals surface area contributed by atoms with Crippen LogP contribution in [-0.4, -0.2) is 80.4 Å². The van der Waals surface area contributed by atoms with Crippen LogP contribution >= 0.6 is 0 Å². The molecule has 2 saturated heterocycles. The smallest absolute Gasteiger partial charge is 0.254 e. The van der Waals surface area contributed by atoms with Gasteiger partial charge >= 0.3 is 0 Å². The van der Waals surface area contributed by atoms with E-state index in [0.29, 0.717) is 25.2 Å². The molecule has 0 aromatic heterocycles. The molecule has 0 aliphatic carbocycles. The lowest BCUT2D eigenvalue weighted by atomic mass is 10.1. The fourth-order valence-corrected chi connectivity index (χ4v) is 4.09. The van der Waals surface area contributed by atoms with Gasteiger partial charge in [-0.1, -0.05) is 30.3 Å². The summed E-state index contributed by atoms with van der Waals surface area (Å²) in [5, 5.41) is 6.18. The second kappa shape index (κ2) is 10.2. The predicted molar refractivity (Wildman–Crippen MR) is 126 cm³/mol. The minimum absolute atomic E-state index is 0.105. The van der Waals surface area contributed by atoms with Crippen LogP contribution in [0.15, 0.2) is 59.6 Å². The topological polar surface area (TPSA) is 80.3 Å². The molecule has 8 nitrogen and oxygen atoms in total. The number of nitrogens with zero attached hydrogens (tertiary/aromatic N) is 4. The Morgan fingerprint density at radius 3 is 2.34 bits per heavy atom. The summed E-state index contributed by atoms with van der Waals surface area (Å²) in [5.74, 6) is 0.671. The number of rotatable bonds is 4. The van der Waals surface area contributed by atoms with Gasteiger partial charge < -0.3 is 25.3 Å². The number of amides is 2. The van der Waals surface area contributed by atoms with E-state index in [0.717, 1.165) is 37.7 Å². The standard InChI is InChI=1S/C24H30N6O2/c1-25-24(29-15-13-28(14-16-29)21-5-3-2-4-6-21)27-17-19-7-9-20(10-8-19)23(32)30-12-11-26-22(31)18-30/h2-10H,11-18H2,1H3,(H,25,27)(H,26,31). The predicted octanol–water partition coefficient (Wildman–Crippen LogP) is 1.16. The Morgan fingerprint density at radius 2 is 1.69 bits per heavy atom. The van der Waals surface area contributed by atoms with Crippen molar-refractivity contribution in [3.8, 4) is 0 Å². The molecule has 32 heavy (non-hydrogen) atoms. The van der Waals surface area contributed by atoms with Crippen LogP contribution in [0.4, 0.5) is 5.69 Å². The normalized spacial score (nSPS) is 17.2. The third-order valence-electron chi connectivity index (χ3n) is 5.89. The van der Waals surface area contributed by atoms with E-state index >= 15 is 0 Å². The van der Waals surface area contributed by atoms with Gasteiger partial charge in [0, 0.05) is 64.1 Å². The van der Waals surface area contributed by atoms with Gasteiger partial charge in [-0.25, -0.2) is 0 Å². The Labute approximate surface area is 188 Å². The Morgan fingerprint density at radius 1 is 0.969 bits per heavy atom. The van der Waals surface area contributed by atoms with Crippen molar-refractivity contribution in [3.63, 3.8) is 0 Å². The maximum atomic E-state index is 12.6. The van der Waals surface area contributed by atoms with Gasteiger partial charge in [0.25, 0.3) is 5.91 Å². The van der Waals surface area contributed by atoms with Gasteiger partial charge in [-0.15, -0.1) is 0 Å². The van der Waals surface area contributed by atoms with E-state index in [1.807, 2.05) is 37.4 Å². The van der Waals surface area contributed by atoms with E-state index < -0.39 is 0 Å². The van der Waals surface area contributed by atoms with Crippen molar-refractivity contribution in [2.75, 3.05) is 57.8 Å². The van der Waals surface area contributed by atoms with Crippen molar-refractivity contribution < 1.29 is 9.59 Å². The zero-order valence-corrected chi connectivity index (χ0v) is 18.5. The van der Waals surface area contributed by atoms with E-state index in [2.05, 4.69) is 49.7 Å². The molecule has 0 atom stereocenters. The molecule has 0 radical (unpaired) electrons. The molecule has 2 N–H and O–H groups in total. The van der Waals surface area contributed by atoms with Gasteiger partial charge in [-0.2, -0.15) is 0 Å². The molecule has 0 saturated carbocycles. The molecule has 2 aliphatic heterocycles. The average molecular weight is 435 g/mol. The van der Waals surface area contributed by atoms with Crippen molar-refractivity contribution in [1.29, 1.82) is 0 Å². The first kappa shape index (κ1) is 21.7. The summed E-state index contributed by atoms with van der Waals surface area (Å²) < 4.78 is 0. The molecular weight excluding hydrogens is 404 g/mol. The first-order valence-electron chi connectivity index (χ1n) is 11.0. The second-order valence-electron chi connectivity index (χ2n) is 7.98. The number of para-hydroxylation sites is 1. The van der Waals surface area contributed by atoms with Gasteiger partial charge in [-0.05, 0) is 29.8 Å². The maximum absolute atomic E-state index is 12.6. The molecule has 8 heteroatoms. The fraction of sp³-hybridized carbons (Fsp3) is 0.375. The van der Waals surface area contributed by atoms with Gasteiger partial charge in [0.05, 0.1) is 6.54 Å². The van der Waals surface area contributed by atoms with Crippen molar-refractivity contribution in [3.05, 3.63) is 65.7 Å². The van der Waals surface area contributed by atoms with Crippen LogP contribution in [0.1, 0.15) is 15.9 Å². The highest BCUT2D eigenvalue weighted by atomic mass is 16.2. The SMILES string of the molecule is CN=C(NCc1ccc(C(=O)N2CCNC(=O)C2)cc1)N1CCN(c2ccccc2)CC1. The summed E-state index contributed by atoms with van der Waals surface area (Å²) in [6, 6.07) is 18.0. The number of hydrogen-bond donors (Lipinski definition) is 2. The van der Waals surface area contributed by atoms with E-state index in [-0.39, 0.29) is 18.4 Å². The molecule has 0 bridgehead atoms. The van der Waals surface area contributed by atoms with Crippen molar-refractivity contribution in [2.24, 2.45) is 4.99 Å². The molecule has 2 aliphatic rings. The number of guanidine groups is 1. The average Bonchev–Trinajstić information content (AvgIpc) is 2.85. The number of nitrogens with one attached hydrogen (secondary N) is 2. The quantitative estimate of drug-likeness (QED) is 0.558. The Hall–Kier alpha value is -3.55. The van der Waals surface area contributed by atoms with Crippen LogP contribution in [0, 0.1) is 0 Å². The van der Waals surface area contributed by atoms with Gasteiger partial charge in [0.1, 0.15) is 0 Å². The third kappa shape index (κ3) is 5.19. The Bertz CT molecular complexity index is 952. The van der Waals surface area contributed by atoms with Crippen LogP contribution in [0.3, 0.4) is 0 Å². The summed E-state index contributed by atoms with van der Waals surface area (Å²) in [7, 11) is 1.81. The van der Waals surface area contributed by atoms with Crippen molar-refractivity contribution >= 4 is 23.5 Å². The van der Waals surface area contributed by atoms with Crippen LogP contribution in [0.5, 0.6) is 0 Å². The Kier molecular flexibility index (Phi) is 6.89. The van der Waals surface area contributed by atoms with Crippen molar-refractivity contribution in [1.82, 2.24) is 20.4 Å². The lowest BCUT2D eigenvalue weighted by Crippen LogP contribution is -2.52. The van der Waals surface area contributed by atoms with E-state index in [1.165, 1.54) is 5.69 Å². The van der Waals surface area contributed by atoms with Gasteiger partial charge in [-0.3, -0.25) is 14.6 Å². The summed E-state index contributed by atoms with van der Waals surface area (Å²) >= 11 is 0. The molecular formula is C24H30N6O2. The number of carbonyl (C=O) groups is 2. The number of aliphatic imine (C=N–C) groups is 1. The molecule has 4 rings (SSSR count). The summed E-state index contributed by atoms with van der Waals surface area (Å²) in [5.41, 5.74) is 2.93. The van der Waals surface area contributed by atoms with Crippen molar-refractivity contribution in [2.45, 2.75) is 6.54 Å². The van der Waals surface area contributed by atoms with Gasteiger partial charge in [0.15, 0.2) is 5.96 Å². The maximum Gasteiger partial charge on any atom is 0.254 e. The van der Waals surface area contributed by atoms with Crippen LogP contribution in [0.25, 0.3) is 0 Å². The Balaban J connectivity index is 1.28. The first-order chi connectivity index (χ1) is 15.6. The van der Waals surface area contributed by atoms with E-state index in [4.69, 9.17) is 0 Å². The molecule has 2 heterocycles. The molecule has 2 amide bonds. The zero-order chi connectivity index (χ0) is 22.3. The van der Waals surface area contributed by atoms with E-state index in [9.17, 15) is 9.59 Å². The molecule has 0 unspecified atom stereocenters. The number of anilines is 1. The number of benzene rings is 2. The number of hydrogen-bond acceptors (Lipinski definition) is 4. The molecule has 2 fully saturated rings. The highest BCUT2D eigenvalue weighted by Crippen LogP contribution is 2.16. The fourth-order valence-electron chi connectivity index (χ4n) is 4.09. The highest BCUT2D eigenvalue weighted by Gasteiger charge is 2.22. The zero-order valence-electron chi connectivity index (χ0n) is 18.5. The van der Waals surface area contributed by atoms with Crippen LogP contribution in [0.2, 0.25) is 0 Å². The highest BCUT2D eigenvalue weighted by molar-refractivity contribution is 5.97. The summed E-state index contributed by atoms with van der Waals surface area (Å²) in [4.78, 5) is 34.8. The largest absolute Gasteiger partial charge is 0.368 e. The minimum Gasteiger partial charge on any atom is -0.368 e. The first-order valence-corrected chi connectivity index (χ1v) is 11.0. The van der Waals surface area contributed by atoms with Gasteiger partial charge in [0.2, 0.25) is 5.91 Å². The lowest BCUT2D eigenvalue weighted by Gasteiger charge is -2.37. The summed E-state index contributed by atoms with van der Waals surface area (Å²) in [6.07, 6.45) is 0. The number of carbonyl (C=O) groups excluding carboxylic acids is 2. The lowest BCUT2D eigenvalue weighted by molar-refractivity contribution is -0.123. The molecule has 2 aromatic rings. The number of piperazine rings is 2. The minimum atomic E-state index is -0.110.